The fraction of sp³-hybridized carbons (Fsp3) is 0.833. The van der Waals surface area contributed by atoms with Gasteiger partial charge in [-0.15, -0.1) is 0 Å². The van der Waals surface area contributed by atoms with E-state index in [0.717, 1.165) is 18.8 Å². The third-order valence-electron chi connectivity index (χ3n) is 4.30. The van der Waals surface area contributed by atoms with Crippen molar-refractivity contribution < 1.29 is 9.53 Å². The van der Waals surface area contributed by atoms with Gasteiger partial charge in [-0.25, -0.2) is 0 Å². The molecule has 0 unspecified atom stereocenters. The zero-order valence-electron chi connectivity index (χ0n) is 14.2. The number of hydrogen-bond acceptors (Lipinski definition) is 2. The second-order valence-electron chi connectivity index (χ2n) is 8.32. The van der Waals surface area contributed by atoms with Gasteiger partial charge in [-0.05, 0) is 63.7 Å². The summed E-state index contributed by atoms with van der Waals surface area (Å²) in [6.45, 7) is 16.9. The first-order valence-electron chi connectivity index (χ1n) is 7.88. The summed E-state index contributed by atoms with van der Waals surface area (Å²) in [5.41, 5.74) is 1.30. The third kappa shape index (κ3) is 5.68. The van der Waals surface area contributed by atoms with Crippen LogP contribution < -0.4 is 0 Å². The van der Waals surface area contributed by atoms with Gasteiger partial charge in [0.15, 0.2) is 0 Å². The first-order chi connectivity index (χ1) is 8.99. The minimum atomic E-state index is -0.380. The molecule has 1 fully saturated rings. The van der Waals surface area contributed by atoms with Crippen LogP contribution in [0.2, 0.25) is 0 Å². The number of ether oxygens (including phenoxy) is 1. The summed E-state index contributed by atoms with van der Waals surface area (Å²) in [6, 6.07) is 0. The molecule has 1 aliphatic carbocycles. The second kappa shape index (κ2) is 6.32. The summed E-state index contributed by atoms with van der Waals surface area (Å²) in [5, 5.41) is 0. The van der Waals surface area contributed by atoms with Crippen LogP contribution in [-0.2, 0) is 9.53 Å². The molecule has 0 amide bonds. The fourth-order valence-electron chi connectivity index (χ4n) is 2.98. The first-order valence-corrected chi connectivity index (χ1v) is 7.88. The van der Waals surface area contributed by atoms with Gasteiger partial charge in [0.05, 0.1) is 0 Å². The first kappa shape index (κ1) is 17.3. The Morgan fingerprint density at radius 2 is 1.85 bits per heavy atom. The number of rotatable bonds is 3. The standard InChI is InChI=1S/C18H32O2/c1-13-8-10-15(17(2,3)4)12-14(13)9-11-16(19)20-18(5,6)7/h14-15H,1,8-12H2,2-7H3/t14-,15-/m1/s1. The quantitative estimate of drug-likeness (QED) is 0.529. The molecule has 116 valence electrons. The highest BCUT2D eigenvalue weighted by Crippen LogP contribution is 2.43. The lowest BCUT2D eigenvalue weighted by molar-refractivity contribution is -0.155. The average molecular weight is 280 g/mol. The maximum atomic E-state index is 11.8. The van der Waals surface area contributed by atoms with Gasteiger partial charge < -0.3 is 4.74 Å². The van der Waals surface area contributed by atoms with Gasteiger partial charge in [-0.1, -0.05) is 32.9 Å². The van der Waals surface area contributed by atoms with Gasteiger partial charge in [0.25, 0.3) is 0 Å². The number of carbonyl (C=O) groups is 1. The molecule has 2 nitrogen and oxygen atoms in total. The van der Waals surface area contributed by atoms with E-state index in [4.69, 9.17) is 4.74 Å². The number of esters is 1. The molecule has 0 aliphatic heterocycles. The lowest BCUT2D eigenvalue weighted by Crippen LogP contribution is -2.29. The van der Waals surface area contributed by atoms with Gasteiger partial charge in [-0.2, -0.15) is 0 Å². The summed E-state index contributed by atoms with van der Waals surface area (Å²) in [5.74, 6) is 1.14. The normalized spacial score (nSPS) is 24.6. The molecule has 0 aromatic carbocycles. The summed E-state index contributed by atoms with van der Waals surface area (Å²) in [4.78, 5) is 11.8. The molecular weight excluding hydrogens is 248 g/mol. The van der Waals surface area contributed by atoms with Crippen molar-refractivity contribution in [3.05, 3.63) is 12.2 Å². The maximum absolute atomic E-state index is 11.8. The van der Waals surface area contributed by atoms with Crippen molar-refractivity contribution in [3.63, 3.8) is 0 Å². The Bertz CT molecular complexity index is 355. The Hall–Kier alpha value is -0.790. The predicted molar refractivity (Wildman–Crippen MR) is 84.5 cm³/mol. The Morgan fingerprint density at radius 1 is 1.25 bits per heavy atom. The Balaban J connectivity index is 2.49. The topological polar surface area (TPSA) is 26.3 Å². The van der Waals surface area contributed by atoms with E-state index >= 15 is 0 Å². The van der Waals surface area contributed by atoms with Crippen molar-refractivity contribution in [1.82, 2.24) is 0 Å². The third-order valence-corrected chi connectivity index (χ3v) is 4.30. The Labute approximate surface area is 125 Å². The highest BCUT2D eigenvalue weighted by atomic mass is 16.6. The van der Waals surface area contributed by atoms with Gasteiger partial charge in [0.2, 0.25) is 0 Å². The molecule has 2 atom stereocenters. The zero-order valence-corrected chi connectivity index (χ0v) is 14.2. The van der Waals surface area contributed by atoms with Crippen molar-refractivity contribution in [3.8, 4) is 0 Å². The number of hydrogen-bond donors (Lipinski definition) is 0. The van der Waals surface area contributed by atoms with Crippen molar-refractivity contribution in [2.45, 2.75) is 79.2 Å². The average Bonchev–Trinajstić information content (AvgIpc) is 2.24. The molecule has 0 heterocycles. The van der Waals surface area contributed by atoms with Crippen molar-refractivity contribution >= 4 is 5.97 Å². The van der Waals surface area contributed by atoms with E-state index in [1.807, 2.05) is 20.8 Å². The molecule has 1 rings (SSSR count). The van der Waals surface area contributed by atoms with E-state index < -0.39 is 0 Å². The van der Waals surface area contributed by atoms with Crippen LogP contribution >= 0.6 is 0 Å². The van der Waals surface area contributed by atoms with Gasteiger partial charge in [-0.3, -0.25) is 4.79 Å². The molecule has 1 saturated carbocycles. The molecule has 0 spiro atoms. The van der Waals surface area contributed by atoms with E-state index in [2.05, 4.69) is 27.4 Å². The van der Waals surface area contributed by atoms with Crippen LogP contribution in [0, 0.1) is 17.3 Å². The van der Waals surface area contributed by atoms with Gasteiger partial charge in [0.1, 0.15) is 5.60 Å². The second-order valence-corrected chi connectivity index (χ2v) is 8.32. The molecule has 0 radical (unpaired) electrons. The fourth-order valence-corrected chi connectivity index (χ4v) is 2.98. The molecule has 1 aliphatic rings. The largest absolute Gasteiger partial charge is 0.460 e. The van der Waals surface area contributed by atoms with E-state index in [9.17, 15) is 4.79 Å². The summed E-state index contributed by atoms with van der Waals surface area (Å²) in [7, 11) is 0. The maximum Gasteiger partial charge on any atom is 0.306 e. The molecular formula is C18H32O2. The highest BCUT2D eigenvalue weighted by Gasteiger charge is 2.32. The monoisotopic (exact) mass is 280 g/mol. The number of allylic oxidation sites excluding steroid dienone is 1. The lowest BCUT2D eigenvalue weighted by atomic mass is 9.67. The van der Waals surface area contributed by atoms with Crippen LogP contribution in [0.4, 0.5) is 0 Å². The lowest BCUT2D eigenvalue weighted by Gasteiger charge is -2.39. The van der Waals surface area contributed by atoms with E-state index in [1.165, 1.54) is 18.4 Å². The van der Waals surface area contributed by atoms with Crippen molar-refractivity contribution in [2.75, 3.05) is 0 Å². The molecule has 0 aromatic heterocycles. The summed E-state index contributed by atoms with van der Waals surface area (Å²) < 4.78 is 5.39. The highest BCUT2D eigenvalue weighted by molar-refractivity contribution is 5.69. The Morgan fingerprint density at radius 3 is 2.35 bits per heavy atom. The van der Waals surface area contributed by atoms with Crippen molar-refractivity contribution in [1.29, 1.82) is 0 Å². The van der Waals surface area contributed by atoms with Crippen LogP contribution in [0.1, 0.15) is 73.6 Å². The van der Waals surface area contributed by atoms with Crippen LogP contribution in [0.25, 0.3) is 0 Å². The van der Waals surface area contributed by atoms with E-state index in [1.54, 1.807) is 0 Å². The predicted octanol–water partition coefficient (Wildman–Crippen LogP) is 5.13. The zero-order chi connectivity index (χ0) is 15.6. The SMILES string of the molecule is C=C1CC[C@@H](C(C)(C)C)C[C@H]1CCC(=O)OC(C)(C)C. The van der Waals surface area contributed by atoms with Crippen LogP contribution in [-0.4, -0.2) is 11.6 Å². The van der Waals surface area contributed by atoms with Crippen LogP contribution in [0.15, 0.2) is 12.2 Å². The molecule has 2 heteroatoms. The van der Waals surface area contributed by atoms with Gasteiger partial charge in [0, 0.05) is 6.42 Å². The van der Waals surface area contributed by atoms with E-state index in [-0.39, 0.29) is 11.6 Å². The minimum Gasteiger partial charge on any atom is -0.460 e. The van der Waals surface area contributed by atoms with Gasteiger partial charge >= 0.3 is 5.97 Å². The molecule has 20 heavy (non-hydrogen) atoms. The van der Waals surface area contributed by atoms with Crippen molar-refractivity contribution in [2.24, 2.45) is 17.3 Å². The molecule has 0 saturated heterocycles. The smallest absolute Gasteiger partial charge is 0.306 e. The summed E-state index contributed by atoms with van der Waals surface area (Å²) >= 11 is 0. The Kier molecular flexibility index (Phi) is 5.46. The molecule has 0 bridgehead atoms. The van der Waals surface area contributed by atoms with Crippen LogP contribution in [0.3, 0.4) is 0 Å². The number of carbonyl (C=O) groups excluding carboxylic acids is 1. The molecule has 0 N–H and O–H groups in total. The molecule has 0 aromatic rings. The van der Waals surface area contributed by atoms with Crippen LogP contribution in [0.5, 0.6) is 0 Å². The van der Waals surface area contributed by atoms with E-state index in [0.29, 0.717) is 17.8 Å². The summed E-state index contributed by atoms with van der Waals surface area (Å²) in [6.07, 6.45) is 4.93. The minimum absolute atomic E-state index is 0.0804.